The van der Waals surface area contributed by atoms with E-state index < -0.39 is 0 Å². The van der Waals surface area contributed by atoms with Crippen LogP contribution in [0.1, 0.15) is 40.5 Å². The van der Waals surface area contributed by atoms with Gasteiger partial charge >= 0.3 is 0 Å². The Kier molecular flexibility index (Phi) is 4.62. The van der Waals surface area contributed by atoms with E-state index in [1.165, 1.54) is 0 Å². The molecule has 1 amide bonds. The van der Waals surface area contributed by atoms with Crippen LogP contribution in [0.15, 0.2) is 5.38 Å². The highest BCUT2D eigenvalue weighted by Crippen LogP contribution is 2.08. The first kappa shape index (κ1) is 13.7. The van der Waals surface area contributed by atoms with Gasteiger partial charge in [-0.25, -0.2) is 9.97 Å². The zero-order valence-electron chi connectivity index (χ0n) is 11.1. The number of aryl methyl sites for hydroxylation is 2. The second-order valence-corrected chi connectivity index (χ2v) is 5.19. The predicted molar refractivity (Wildman–Crippen MR) is 73.3 cm³/mol. The Labute approximate surface area is 115 Å². The van der Waals surface area contributed by atoms with Crippen molar-refractivity contribution in [3.8, 4) is 0 Å². The van der Waals surface area contributed by atoms with E-state index in [9.17, 15) is 4.79 Å². The lowest BCUT2D eigenvalue weighted by Crippen LogP contribution is -2.26. The van der Waals surface area contributed by atoms with Gasteiger partial charge in [0.25, 0.3) is 5.91 Å². The van der Waals surface area contributed by atoms with Crippen molar-refractivity contribution < 1.29 is 4.79 Å². The molecule has 2 N–H and O–H groups in total. The van der Waals surface area contributed by atoms with Gasteiger partial charge in [-0.15, -0.1) is 16.4 Å². The van der Waals surface area contributed by atoms with Crippen molar-refractivity contribution in [2.75, 3.05) is 6.54 Å². The molecule has 6 nitrogen and oxygen atoms in total. The number of carbonyl (C=O) groups excluding carboxylic acids is 1. The fourth-order valence-corrected chi connectivity index (χ4v) is 2.40. The molecule has 0 bridgehead atoms. The number of hydrogen-bond donors (Lipinski definition) is 2. The second kappa shape index (κ2) is 6.42. The highest BCUT2D eigenvalue weighted by atomic mass is 32.1. The van der Waals surface area contributed by atoms with Gasteiger partial charge < -0.3 is 5.32 Å². The minimum atomic E-state index is -0.244. The maximum atomic E-state index is 11.8. The number of thiazole rings is 1. The zero-order valence-corrected chi connectivity index (χ0v) is 11.9. The quantitative estimate of drug-likeness (QED) is 0.839. The number of hydrogen-bond acceptors (Lipinski definition) is 5. The Morgan fingerprint density at radius 2 is 2.26 bits per heavy atom. The lowest BCUT2D eigenvalue weighted by Gasteiger charge is -1.99. The van der Waals surface area contributed by atoms with E-state index >= 15 is 0 Å². The SMILES string of the molecule is CCCc1nc(C(=O)NCCc2nc(C)cs2)n[nH]1. The summed E-state index contributed by atoms with van der Waals surface area (Å²) >= 11 is 1.61. The Bertz CT molecular complexity index is 548. The van der Waals surface area contributed by atoms with Crippen LogP contribution in [0.3, 0.4) is 0 Å². The van der Waals surface area contributed by atoms with Crippen LogP contribution < -0.4 is 5.32 Å². The summed E-state index contributed by atoms with van der Waals surface area (Å²) in [6.45, 7) is 4.56. The molecule has 2 rings (SSSR count). The summed E-state index contributed by atoms with van der Waals surface area (Å²) in [4.78, 5) is 20.3. The summed E-state index contributed by atoms with van der Waals surface area (Å²) in [6.07, 6.45) is 2.51. The van der Waals surface area contributed by atoms with E-state index in [0.29, 0.717) is 6.54 Å². The maximum Gasteiger partial charge on any atom is 0.290 e. The largest absolute Gasteiger partial charge is 0.349 e. The van der Waals surface area contributed by atoms with Gasteiger partial charge in [0.1, 0.15) is 5.82 Å². The first-order chi connectivity index (χ1) is 9.19. The van der Waals surface area contributed by atoms with Crippen LogP contribution in [-0.2, 0) is 12.8 Å². The third-order valence-corrected chi connectivity index (χ3v) is 3.54. The van der Waals surface area contributed by atoms with Gasteiger partial charge in [0, 0.05) is 30.5 Å². The number of nitrogens with one attached hydrogen (secondary N) is 2. The molecule has 0 saturated carbocycles. The minimum Gasteiger partial charge on any atom is -0.349 e. The van der Waals surface area contributed by atoms with Crippen LogP contribution in [0.5, 0.6) is 0 Å². The third kappa shape index (κ3) is 3.85. The van der Waals surface area contributed by atoms with E-state index in [-0.39, 0.29) is 11.7 Å². The molecule has 0 aromatic carbocycles. The Morgan fingerprint density at radius 3 is 2.95 bits per heavy atom. The molecule has 0 aliphatic heterocycles. The van der Waals surface area contributed by atoms with Gasteiger partial charge in [-0.05, 0) is 13.3 Å². The van der Waals surface area contributed by atoms with Crippen molar-refractivity contribution in [2.24, 2.45) is 0 Å². The third-order valence-electron chi connectivity index (χ3n) is 2.51. The van der Waals surface area contributed by atoms with Gasteiger partial charge in [0.15, 0.2) is 0 Å². The fourth-order valence-electron chi connectivity index (χ4n) is 1.63. The molecule has 2 aromatic heterocycles. The highest BCUT2D eigenvalue weighted by Gasteiger charge is 2.11. The summed E-state index contributed by atoms with van der Waals surface area (Å²) < 4.78 is 0. The van der Waals surface area contributed by atoms with Crippen LogP contribution in [0.2, 0.25) is 0 Å². The number of rotatable bonds is 6. The van der Waals surface area contributed by atoms with Gasteiger partial charge in [0.2, 0.25) is 5.82 Å². The molecule has 19 heavy (non-hydrogen) atoms. The molecule has 2 aromatic rings. The summed E-state index contributed by atoms with van der Waals surface area (Å²) in [7, 11) is 0. The van der Waals surface area contributed by atoms with Crippen LogP contribution in [-0.4, -0.2) is 32.6 Å². The van der Waals surface area contributed by atoms with Crippen LogP contribution >= 0.6 is 11.3 Å². The van der Waals surface area contributed by atoms with E-state index in [1.807, 2.05) is 12.3 Å². The molecule has 2 heterocycles. The Balaban J connectivity index is 1.80. The molecule has 0 saturated heterocycles. The molecule has 0 aliphatic rings. The normalized spacial score (nSPS) is 10.6. The van der Waals surface area contributed by atoms with Gasteiger partial charge in [-0.3, -0.25) is 9.89 Å². The summed E-state index contributed by atoms with van der Waals surface area (Å²) in [5.74, 6) is 0.717. The monoisotopic (exact) mass is 279 g/mol. The number of H-pyrrole nitrogens is 1. The average Bonchev–Trinajstić information content (AvgIpc) is 2.99. The van der Waals surface area contributed by atoms with Gasteiger partial charge in [-0.2, -0.15) is 0 Å². The predicted octanol–water partition coefficient (Wildman–Crippen LogP) is 1.49. The first-order valence-corrected chi connectivity index (χ1v) is 7.17. The van der Waals surface area contributed by atoms with Crippen molar-refractivity contribution in [3.05, 3.63) is 27.7 Å². The number of nitrogens with zero attached hydrogens (tertiary/aromatic N) is 3. The topological polar surface area (TPSA) is 83.6 Å². The molecule has 0 radical (unpaired) electrons. The number of amides is 1. The highest BCUT2D eigenvalue weighted by molar-refractivity contribution is 7.09. The summed E-state index contributed by atoms with van der Waals surface area (Å²) in [6, 6.07) is 0. The Morgan fingerprint density at radius 1 is 1.42 bits per heavy atom. The molecule has 7 heteroatoms. The lowest BCUT2D eigenvalue weighted by molar-refractivity contribution is 0.0944. The van der Waals surface area contributed by atoms with E-state index in [4.69, 9.17) is 0 Å². The smallest absolute Gasteiger partial charge is 0.290 e. The Hall–Kier alpha value is -1.76. The average molecular weight is 279 g/mol. The van der Waals surface area contributed by atoms with Crippen LogP contribution in [0.4, 0.5) is 0 Å². The molecular weight excluding hydrogens is 262 g/mol. The van der Waals surface area contributed by atoms with Crippen molar-refractivity contribution in [2.45, 2.75) is 33.1 Å². The lowest BCUT2D eigenvalue weighted by atomic mass is 10.3. The maximum absolute atomic E-state index is 11.8. The van der Waals surface area contributed by atoms with Crippen molar-refractivity contribution in [1.82, 2.24) is 25.5 Å². The zero-order chi connectivity index (χ0) is 13.7. The molecule has 0 spiro atoms. The number of aromatic nitrogens is 4. The molecule has 0 atom stereocenters. The number of carbonyl (C=O) groups is 1. The summed E-state index contributed by atoms with van der Waals surface area (Å²) in [5.41, 5.74) is 1.02. The van der Waals surface area contributed by atoms with Gasteiger partial charge in [0.05, 0.1) is 5.01 Å². The van der Waals surface area contributed by atoms with Crippen LogP contribution in [0, 0.1) is 6.92 Å². The van der Waals surface area contributed by atoms with E-state index in [2.05, 4.69) is 32.4 Å². The molecule has 0 unspecified atom stereocenters. The van der Waals surface area contributed by atoms with Crippen molar-refractivity contribution in [1.29, 1.82) is 0 Å². The fraction of sp³-hybridized carbons (Fsp3) is 0.500. The van der Waals surface area contributed by atoms with Crippen molar-refractivity contribution >= 4 is 17.2 Å². The van der Waals surface area contributed by atoms with Crippen molar-refractivity contribution in [3.63, 3.8) is 0 Å². The standard InChI is InChI=1S/C12H17N5OS/c1-3-4-9-15-11(17-16-9)12(18)13-6-5-10-14-8(2)7-19-10/h7H,3-6H2,1-2H3,(H,13,18)(H,15,16,17). The minimum absolute atomic E-state index is 0.207. The molecule has 102 valence electrons. The molecular formula is C12H17N5OS. The molecule has 0 aliphatic carbocycles. The molecule has 0 fully saturated rings. The summed E-state index contributed by atoms with van der Waals surface area (Å²) in [5, 5.41) is 12.5. The van der Waals surface area contributed by atoms with Crippen LogP contribution in [0.25, 0.3) is 0 Å². The van der Waals surface area contributed by atoms with E-state index in [0.717, 1.165) is 35.8 Å². The number of aromatic amines is 1. The van der Waals surface area contributed by atoms with E-state index in [1.54, 1.807) is 11.3 Å². The van der Waals surface area contributed by atoms with Gasteiger partial charge in [-0.1, -0.05) is 6.92 Å². The first-order valence-electron chi connectivity index (χ1n) is 6.29. The second-order valence-electron chi connectivity index (χ2n) is 4.24.